The molecule has 188 valence electrons. The summed E-state index contributed by atoms with van der Waals surface area (Å²) in [6.45, 7) is 2.58. The number of nitrogens with one attached hydrogen (secondary N) is 1. The highest BCUT2D eigenvalue weighted by Gasteiger charge is 2.18. The van der Waals surface area contributed by atoms with Crippen LogP contribution in [0.15, 0.2) is 77.2 Å². The van der Waals surface area contributed by atoms with E-state index in [1.165, 1.54) is 6.08 Å². The number of furan rings is 1. The minimum Gasteiger partial charge on any atom is -0.458 e. The van der Waals surface area contributed by atoms with Crippen LogP contribution < -0.4 is 11.1 Å². The van der Waals surface area contributed by atoms with Crippen LogP contribution >= 0.6 is 11.6 Å². The molecule has 0 saturated carbocycles. The zero-order chi connectivity index (χ0) is 25.8. The van der Waals surface area contributed by atoms with Gasteiger partial charge in [-0.1, -0.05) is 35.9 Å². The molecule has 0 radical (unpaired) electrons. The lowest BCUT2D eigenvalue weighted by molar-refractivity contribution is -0.116. The van der Waals surface area contributed by atoms with Crippen molar-refractivity contribution >= 4 is 46.1 Å². The Morgan fingerprint density at radius 1 is 0.973 bits per heavy atom. The highest BCUT2D eigenvalue weighted by molar-refractivity contribution is 6.35. The Hall–Kier alpha value is -4.07. The van der Waals surface area contributed by atoms with E-state index in [-0.39, 0.29) is 18.4 Å². The Balaban J connectivity index is 1.26. The normalized spacial score (nSPS) is 13.8. The molecule has 2 amide bonds. The third-order valence-corrected chi connectivity index (χ3v) is 6.47. The molecule has 8 heteroatoms. The van der Waals surface area contributed by atoms with Crippen LogP contribution in [0.5, 0.6) is 0 Å². The van der Waals surface area contributed by atoms with Crippen LogP contribution in [0.2, 0.25) is 5.02 Å². The van der Waals surface area contributed by atoms with Gasteiger partial charge in [-0.2, -0.15) is 0 Å². The molecule has 0 bridgehead atoms. The molecule has 1 aliphatic heterocycles. The number of ether oxygens (including phenoxy) is 1. The van der Waals surface area contributed by atoms with Crippen molar-refractivity contribution in [2.45, 2.75) is 6.54 Å². The number of carbonyl (C=O) groups excluding carboxylic acids is 2. The minimum atomic E-state index is -0.240. The summed E-state index contributed by atoms with van der Waals surface area (Å²) in [4.78, 5) is 26.7. The number of rotatable bonds is 6. The highest BCUT2D eigenvalue weighted by Crippen LogP contribution is 2.33. The molecule has 4 aromatic rings. The fourth-order valence-corrected chi connectivity index (χ4v) is 4.45. The van der Waals surface area contributed by atoms with Crippen molar-refractivity contribution in [1.82, 2.24) is 10.2 Å². The summed E-state index contributed by atoms with van der Waals surface area (Å²) in [5, 5.41) is 4.13. The molecule has 0 spiro atoms. The van der Waals surface area contributed by atoms with E-state index in [1.807, 2.05) is 54.6 Å². The number of benzene rings is 3. The van der Waals surface area contributed by atoms with Gasteiger partial charge in [0.2, 0.25) is 5.91 Å². The zero-order valence-corrected chi connectivity index (χ0v) is 20.8. The molecule has 5 rings (SSSR count). The lowest BCUT2D eigenvalue weighted by atomic mass is 10.0. The predicted octanol–water partition coefficient (Wildman–Crippen LogP) is 5.14. The quantitative estimate of drug-likeness (QED) is 0.274. The van der Waals surface area contributed by atoms with E-state index in [1.54, 1.807) is 23.1 Å². The molecule has 1 aliphatic rings. The Bertz CT molecular complexity index is 1450. The first kappa shape index (κ1) is 24.6. The summed E-state index contributed by atoms with van der Waals surface area (Å²) in [5.41, 5.74) is 10.3. The third-order valence-electron chi connectivity index (χ3n) is 6.19. The van der Waals surface area contributed by atoms with Gasteiger partial charge in [0.15, 0.2) is 5.58 Å². The molecular weight excluding hydrogens is 490 g/mol. The summed E-state index contributed by atoms with van der Waals surface area (Å²) >= 11 is 6.53. The summed E-state index contributed by atoms with van der Waals surface area (Å²) < 4.78 is 11.2. The standard InChI is InChI=1S/C29H26ClN3O4/c30-26-17-22(20-4-6-21(7-5-20)29(35)33-11-13-36-14-12-33)15-23-16-25(37-28(23)26)18-32-27(34)10-3-19-1-8-24(31)9-2-19/h1-10,15-17H,11-14,18,31H2,(H,32,34)/b10-3+. The van der Waals surface area contributed by atoms with E-state index in [9.17, 15) is 9.59 Å². The zero-order valence-electron chi connectivity index (χ0n) is 20.1. The summed E-state index contributed by atoms with van der Waals surface area (Å²) in [5.74, 6) is 0.360. The Morgan fingerprint density at radius 3 is 2.43 bits per heavy atom. The molecule has 3 N–H and O–H groups in total. The van der Waals surface area contributed by atoms with Crippen LogP contribution in [-0.2, 0) is 16.1 Å². The fraction of sp³-hybridized carbons (Fsp3) is 0.172. The van der Waals surface area contributed by atoms with Gasteiger partial charge < -0.3 is 25.1 Å². The monoisotopic (exact) mass is 515 g/mol. The molecule has 0 atom stereocenters. The predicted molar refractivity (Wildman–Crippen MR) is 145 cm³/mol. The van der Waals surface area contributed by atoms with E-state index in [2.05, 4.69) is 5.32 Å². The number of nitrogens with two attached hydrogens (primary N) is 1. The second-order valence-corrected chi connectivity index (χ2v) is 9.20. The van der Waals surface area contributed by atoms with Gasteiger partial charge in [-0.3, -0.25) is 9.59 Å². The number of nitrogens with zero attached hydrogens (tertiary/aromatic N) is 1. The number of carbonyl (C=O) groups is 2. The van der Waals surface area contributed by atoms with Crippen molar-refractivity contribution in [3.05, 3.63) is 94.7 Å². The number of morpholine rings is 1. The average molecular weight is 516 g/mol. The fourth-order valence-electron chi connectivity index (χ4n) is 4.18. The van der Waals surface area contributed by atoms with E-state index in [0.29, 0.717) is 53.9 Å². The molecule has 0 unspecified atom stereocenters. The van der Waals surface area contributed by atoms with Gasteiger partial charge in [-0.25, -0.2) is 0 Å². The summed E-state index contributed by atoms with van der Waals surface area (Å²) in [7, 11) is 0. The second-order valence-electron chi connectivity index (χ2n) is 8.79. The minimum absolute atomic E-state index is 0.00756. The Labute approximate surface area is 219 Å². The van der Waals surface area contributed by atoms with Gasteiger partial charge in [0.25, 0.3) is 5.91 Å². The van der Waals surface area contributed by atoms with Crippen molar-refractivity contribution in [2.24, 2.45) is 0 Å². The highest BCUT2D eigenvalue weighted by atomic mass is 35.5. The third kappa shape index (κ3) is 5.85. The van der Waals surface area contributed by atoms with Crippen LogP contribution in [0.25, 0.3) is 28.2 Å². The molecule has 3 aromatic carbocycles. The second kappa shape index (κ2) is 10.9. The van der Waals surface area contributed by atoms with E-state index in [0.717, 1.165) is 22.1 Å². The lowest BCUT2D eigenvalue weighted by Gasteiger charge is -2.26. The van der Waals surface area contributed by atoms with E-state index >= 15 is 0 Å². The molecular formula is C29H26ClN3O4. The first-order valence-electron chi connectivity index (χ1n) is 12.0. The number of fused-ring (bicyclic) bond motifs is 1. The summed E-state index contributed by atoms with van der Waals surface area (Å²) in [6, 6.07) is 20.4. The molecule has 1 saturated heterocycles. The van der Waals surface area contributed by atoms with E-state index < -0.39 is 0 Å². The van der Waals surface area contributed by atoms with Gasteiger partial charge in [-0.15, -0.1) is 0 Å². The Kier molecular flexibility index (Phi) is 7.25. The first-order chi connectivity index (χ1) is 18.0. The van der Waals surface area contributed by atoms with Crippen LogP contribution in [0.4, 0.5) is 5.69 Å². The van der Waals surface area contributed by atoms with Crippen LogP contribution in [0.3, 0.4) is 0 Å². The number of nitrogen functional groups attached to an aromatic ring is 1. The molecule has 37 heavy (non-hydrogen) atoms. The molecule has 1 aromatic heterocycles. The molecule has 7 nitrogen and oxygen atoms in total. The molecule has 1 fully saturated rings. The van der Waals surface area contributed by atoms with Crippen molar-refractivity contribution in [3.63, 3.8) is 0 Å². The van der Waals surface area contributed by atoms with Gasteiger partial charge in [-0.05, 0) is 65.2 Å². The van der Waals surface area contributed by atoms with Gasteiger partial charge >= 0.3 is 0 Å². The van der Waals surface area contributed by atoms with Gasteiger partial charge in [0.05, 0.1) is 24.8 Å². The maximum Gasteiger partial charge on any atom is 0.254 e. The maximum absolute atomic E-state index is 12.7. The van der Waals surface area contributed by atoms with Crippen LogP contribution in [0, 0.1) is 0 Å². The SMILES string of the molecule is Nc1ccc(/C=C/C(=O)NCc2cc3cc(-c4ccc(C(=O)N5CCOCC5)cc4)cc(Cl)c3o2)cc1. The van der Waals surface area contributed by atoms with Crippen molar-refractivity contribution < 1.29 is 18.7 Å². The van der Waals surface area contributed by atoms with E-state index in [4.69, 9.17) is 26.5 Å². The van der Waals surface area contributed by atoms with Gasteiger partial charge in [0.1, 0.15) is 5.76 Å². The molecule has 2 heterocycles. The van der Waals surface area contributed by atoms with Crippen molar-refractivity contribution in [2.75, 3.05) is 32.0 Å². The number of amides is 2. The maximum atomic E-state index is 12.7. The Morgan fingerprint density at radius 2 is 1.70 bits per heavy atom. The average Bonchev–Trinajstić information content (AvgIpc) is 3.35. The lowest BCUT2D eigenvalue weighted by Crippen LogP contribution is -2.40. The van der Waals surface area contributed by atoms with Crippen molar-refractivity contribution in [3.8, 4) is 11.1 Å². The number of anilines is 1. The topological polar surface area (TPSA) is 97.8 Å². The summed E-state index contributed by atoms with van der Waals surface area (Å²) in [6.07, 6.45) is 3.18. The van der Waals surface area contributed by atoms with Crippen LogP contribution in [0.1, 0.15) is 21.7 Å². The number of halogens is 1. The number of hydrogen-bond donors (Lipinski definition) is 2. The van der Waals surface area contributed by atoms with Gasteiger partial charge in [0, 0.05) is 35.8 Å². The number of hydrogen-bond acceptors (Lipinski definition) is 5. The smallest absolute Gasteiger partial charge is 0.254 e. The van der Waals surface area contributed by atoms with Crippen molar-refractivity contribution in [1.29, 1.82) is 0 Å². The van der Waals surface area contributed by atoms with Crippen LogP contribution in [-0.4, -0.2) is 43.0 Å². The first-order valence-corrected chi connectivity index (χ1v) is 12.3. The molecule has 0 aliphatic carbocycles. The largest absolute Gasteiger partial charge is 0.458 e.